The van der Waals surface area contributed by atoms with Crippen LogP contribution in [0.1, 0.15) is 60.9 Å². The van der Waals surface area contributed by atoms with E-state index >= 15 is 0 Å². The molecule has 0 amide bonds. The highest BCUT2D eigenvalue weighted by Gasteiger charge is 2.31. The molecule has 1 aromatic heterocycles. The summed E-state index contributed by atoms with van der Waals surface area (Å²) in [5, 5.41) is 11.0. The molecule has 0 bridgehead atoms. The summed E-state index contributed by atoms with van der Waals surface area (Å²) in [7, 11) is -3.13. The van der Waals surface area contributed by atoms with Crippen LogP contribution in [-0.2, 0) is 16.6 Å². The summed E-state index contributed by atoms with van der Waals surface area (Å²) < 4.78 is 28.6. The van der Waals surface area contributed by atoms with Crippen LogP contribution in [0, 0.1) is 0 Å². The molecule has 2 aliphatic heterocycles. The Morgan fingerprint density at radius 3 is 2.40 bits per heavy atom. The molecule has 0 radical (unpaired) electrons. The second-order valence-corrected chi connectivity index (χ2v) is 13.7. The van der Waals surface area contributed by atoms with Gasteiger partial charge in [0.15, 0.2) is 0 Å². The molecule has 0 spiro atoms. The highest BCUT2D eigenvalue weighted by molar-refractivity contribution is 7.89. The lowest BCUT2D eigenvalue weighted by molar-refractivity contribution is 0.0697. The van der Waals surface area contributed by atoms with E-state index in [4.69, 9.17) is 0 Å². The van der Waals surface area contributed by atoms with Crippen molar-refractivity contribution in [3.05, 3.63) is 53.6 Å². The molecule has 3 aliphatic rings. The quantitative estimate of drug-likeness (QED) is 0.442. The van der Waals surface area contributed by atoms with E-state index in [0.29, 0.717) is 24.6 Å². The smallest absolute Gasteiger partial charge is 0.335 e. The van der Waals surface area contributed by atoms with E-state index in [9.17, 15) is 18.3 Å². The average Bonchev–Trinajstić information content (AvgIpc) is 3.22. The number of carboxylic acid groups (broad SMARTS) is 1. The van der Waals surface area contributed by atoms with Gasteiger partial charge in [0, 0.05) is 74.5 Å². The van der Waals surface area contributed by atoms with Gasteiger partial charge in [0.05, 0.1) is 17.0 Å². The molecule has 40 heavy (non-hydrogen) atoms. The lowest BCUT2D eigenvalue weighted by atomic mass is 9.81. The van der Waals surface area contributed by atoms with Gasteiger partial charge in [-0.3, -0.25) is 4.90 Å². The van der Waals surface area contributed by atoms with Gasteiger partial charge in [0.1, 0.15) is 0 Å². The van der Waals surface area contributed by atoms with Crippen LogP contribution >= 0.6 is 0 Å². The Labute approximate surface area is 237 Å². The fourth-order valence-electron chi connectivity index (χ4n) is 7.04. The summed E-state index contributed by atoms with van der Waals surface area (Å²) in [5.74, 6) is -0.248. The standard InChI is InChI=1S/C31H40N4O4S/c1-2-40(38,39)34-19-15-32(16-20-34)14-17-33-18-21-35-28-22-24(31(36)37)12-13-25(28)29(23-8-4-3-5-9-23)30(35)26-10-6-7-11-27(26)33/h6-7,10-13,22-23H,2-5,8-9,14-21H2,1H3,(H,36,37). The van der Waals surface area contributed by atoms with E-state index in [-0.39, 0.29) is 5.75 Å². The van der Waals surface area contributed by atoms with Crippen molar-refractivity contribution in [1.82, 2.24) is 13.8 Å². The number of carboxylic acids is 1. The molecule has 1 N–H and O–H groups in total. The zero-order chi connectivity index (χ0) is 27.9. The van der Waals surface area contributed by atoms with Gasteiger partial charge >= 0.3 is 5.97 Å². The van der Waals surface area contributed by atoms with Crippen molar-refractivity contribution in [2.75, 3.05) is 56.5 Å². The largest absolute Gasteiger partial charge is 0.478 e. The van der Waals surface area contributed by atoms with Crippen LogP contribution in [0.4, 0.5) is 5.69 Å². The maximum absolute atomic E-state index is 12.3. The number of piperazine rings is 1. The van der Waals surface area contributed by atoms with Gasteiger partial charge in [-0.2, -0.15) is 4.31 Å². The maximum Gasteiger partial charge on any atom is 0.335 e. The molecule has 1 aliphatic carbocycles. The minimum Gasteiger partial charge on any atom is -0.478 e. The zero-order valence-corrected chi connectivity index (χ0v) is 24.2. The highest BCUT2D eigenvalue weighted by Crippen LogP contribution is 2.47. The molecule has 214 valence electrons. The molecule has 3 heterocycles. The summed E-state index contributed by atoms with van der Waals surface area (Å²) in [5.41, 5.74) is 6.48. The first-order chi connectivity index (χ1) is 19.4. The average molecular weight is 565 g/mol. The van der Waals surface area contributed by atoms with E-state index < -0.39 is 16.0 Å². The Morgan fingerprint density at radius 1 is 0.925 bits per heavy atom. The molecule has 1 saturated carbocycles. The van der Waals surface area contributed by atoms with Crippen molar-refractivity contribution >= 4 is 32.6 Å². The summed E-state index contributed by atoms with van der Waals surface area (Å²) in [6, 6.07) is 14.4. The molecular weight excluding hydrogens is 524 g/mol. The predicted octanol–water partition coefficient (Wildman–Crippen LogP) is 4.84. The van der Waals surface area contributed by atoms with Crippen LogP contribution in [0.3, 0.4) is 0 Å². The SMILES string of the molecule is CCS(=O)(=O)N1CCN(CCN2CCn3c(c(C4CCCCC4)c4ccc(C(=O)O)cc43)-c3ccccc32)CC1. The van der Waals surface area contributed by atoms with Crippen LogP contribution < -0.4 is 4.90 Å². The van der Waals surface area contributed by atoms with Gasteiger partial charge in [0.2, 0.25) is 10.0 Å². The maximum atomic E-state index is 12.3. The number of nitrogens with zero attached hydrogens (tertiary/aromatic N) is 4. The summed E-state index contributed by atoms with van der Waals surface area (Å²) in [6.07, 6.45) is 6.13. The number of aromatic carboxylic acids is 1. The molecule has 8 nitrogen and oxygen atoms in total. The normalized spacial score (nSPS) is 19.4. The van der Waals surface area contributed by atoms with E-state index in [0.717, 1.165) is 44.8 Å². The van der Waals surface area contributed by atoms with Gasteiger partial charge < -0.3 is 14.6 Å². The summed E-state index contributed by atoms with van der Waals surface area (Å²) >= 11 is 0. The zero-order valence-electron chi connectivity index (χ0n) is 23.4. The number of anilines is 1. The lowest BCUT2D eigenvalue weighted by Crippen LogP contribution is -2.50. The second kappa shape index (κ2) is 11.2. The molecule has 6 rings (SSSR count). The van der Waals surface area contributed by atoms with Gasteiger partial charge in [-0.05, 0) is 49.4 Å². The fraction of sp³-hybridized carbons (Fsp3) is 0.516. The number of para-hydroxylation sites is 1. The number of hydrogen-bond donors (Lipinski definition) is 1. The van der Waals surface area contributed by atoms with E-state index in [1.807, 2.05) is 12.1 Å². The first-order valence-electron chi connectivity index (χ1n) is 14.8. The lowest BCUT2D eigenvalue weighted by Gasteiger charge is -2.35. The number of rotatable bonds is 7. The van der Waals surface area contributed by atoms with Crippen LogP contribution in [0.25, 0.3) is 22.2 Å². The molecule has 2 aromatic carbocycles. The van der Waals surface area contributed by atoms with Crippen molar-refractivity contribution in [1.29, 1.82) is 0 Å². The highest BCUT2D eigenvalue weighted by atomic mass is 32.2. The van der Waals surface area contributed by atoms with Crippen molar-refractivity contribution in [3.8, 4) is 11.3 Å². The monoisotopic (exact) mass is 564 g/mol. The summed E-state index contributed by atoms with van der Waals surface area (Å²) in [6.45, 7) is 7.69. The van der Waals surface area contributed by atoms with Crippen molar-refractivity contribution in [2.24, 2.45) is 0 Å². The second-order valence-electron chi connectivity index (χ2n) is 11.4. The van der Waals surface area contributed by atoms with Crippen molar-refractivity contribution in [3.63, 3.8) is 0 Å². The van der Waals surface area contributed by atoms with Gasteiger partial charge in [-0.15, -0.1) is 0 Å². The van der Waals surface area contributed by atoms with Crippen LogP contribution in [-0.4, -0.2) is 84.8 Å². The topological polar surface area (TPSA) is 86.1 Å². The molecule has 0 unspecified atom stereocenters. The molecular formula is C31H40N4O4S. The molecule has 9 heteroatoms. The first kappa shape index (κ1) is 27.3. The van der Waals surface area contributed by atoms with Gasteiger partial charge in [-0.25, -0.2) is 13.2 Å². The van der Waals surface area contributed by atoms with E-state index in [1.54, 1.807) is 17.3 Å². The number of benzene rings is 2. The predicted molar refractivity (Wildman–Crippen MR) is 160 cm³/mol. The molecule has 0 atom stereocenters. The Bertz CT molecular complexity index is 1500. The Balaban J connectivity index is 1.33. The van der Waals surface area contributed by atoms with Crippen LogP contribution in [0.5, 0.6) is 0 Å². The molecule has 3 aromatic rings. The Kier molecular flexibility index (Phi) is 7.63. The van der Waals surface area contributed by atoms with E-state index in [1.165, 1.54) is 60.0 Å². The Morgan fingerprint density at radius 2 is 1.68 bits per heavy atom. The third kappa shape index (κ3) is 5.03. The number of aromatic nitrogens is 1. The number of sulfonamides is 1. The third-order valence-corrected chi connectivity index (χ3v) is 11.1. The van der Waals surface area contributed by atoms with Crippen molar-refractivity contribution < 1.29 is 18.3 Å². The van der Waals surface area contributed by atoms with Crippen LogP contribution in [0.2, 0.25) is 0 Å². The fourth-order valence-corrected chi connectivity index (χ4v) is 8.12. The number of carbonyl (C=O) groups is 1. The van der Waals surface area contributed by atoms with Gasteiger partial charge in [-0.1, -0.05) is 43.5 Å². The Hall–Kier alpha value is -2.88. The van der Waals surface area contributed by atoms with Crippen molar-refractivity contribution in [2.45, 2.75) is 51.5 Å². The minimum absolute atomic E-state index is 0.157. The third-order valence-electron chi connectivity index (χ3n) is 9.23. The first-order valence-corrected chi connectivity index (χ1v) is 16.4. The minimum atomic E-state index is -3.13. The van der Waals surface area contributed by atoms with Crippen LogP contribution in [0.15, 0.2) is 42.5 Å². The molecule has 2 fully saturated rings. The number of fused-ring (bicyclic) bond motifs is 5. The molecule has 1 saturated heterocycles. The van der Waals surface area contributed by atoms with E-state index in [2.05, 4.69) is 38.6 Å². The summed E-state index contributed by atoms with van der Waals surface area (Å²) in [4.78, 5) is 16.7. The number of hydrogen-bond acceptors (Lipinski definition) is 5. The van der Waals surface area contributed by atoms with Gasteiger partial charge in [0.25, 0.3) is 0 Å².